The number of anilines is 1. The van der Waals surface area contributed by atoms with Gasteiger partial charge in [0.15, 0.2) is 0 Å². The molecule has 5 rings (SSSR count). The van der Waals surface area contributed by atoms with E-state index in [-0.39, 0.29) is 16.1 Å². The summed E-state index contributed by atoms with van der Waals surface area (Å²) in [6.45, 7) is 0.758. The van der Waals surface area contributed by atoms with E-state index < -0.39 is 15.9 Å². The van der Waals surface area contributed by atoms with Gasteiger partial charge in [-0.15, -0.1) is 11.3 Å². The first-order valence-corrected chi connectivity index (χ1v) is 11.9. The van der Waals surface area contributed by atoms with Gasteiger partial charge in [-0.1, -0.05) is 6.07 Å². The molecule has 0 atom stereocenters. The van der Waals surface area contributed by atoms with Gasteiger partial charge in [0, 0.05) is 29.2 Å². The van der Waals surface area contributed by atoms with Crippen LogP contribution in [0.2, 0.25) is 0 Å². The zero-order chi connectivity index (χ0) is 21.6. The van der Waals surface area contributed by atoms with E-state index in [1.807, 2.05) is 11.4 Å². The van der Waals surface area contributed by atoms with Gasteiger partial charge in [0.25, 0.3) is 5.91 Å². The number of amides is 1. The standard InChI is InChI=1S/C21H18N4O4S2/c26-20(22-15-4-5-17-18(11-15)24-21(27)23-17)13-2-1-3-16(10-13)31(28,29)25-8-6-19-14(12-25)7-9-30-19/h1-5,7,9-11H,6,8,12H2,(H,22,26)(H2,23,24,27). The van der Waals surface area contributed by atoms with Crippen LogP contribution in [0.4, 0.5) is 5.69 Å². The number of aromatic nitrogens is 2. The highest BCUT2D eigenvalue weighted by atomic mass is 32.2. The summed E-state index contributed by atoms with van der Waals surface area (Å²) in [6, 6.07) is 13.0. The van der Waals surface area contributed by atoms with Crippen molar-refractivity contribution in [3.05, 3.63) is 80.4 Å². The number of benzene rings is 2. The molecule has 0 aliphatic carbocycles. The molecule has 3 heterocycles. The Labute approximate surface area is 181 Å². The molecule has 1 aliphatic heterocycles. The van der Waals surface area contributed by atoms with Crippen molar-refractivity contribution in [3.8, 4) is 0 Å². The molecule has 0 unspecified atom stereocenters. The summed E-state index contributed by atoms with van der Waals surface area (Å²) < 4.78 is 27.8. The summed E-state index contributed by atoms with van der Waals surface area (Å²) in [7, 11) is -3.72. The number of sulfonamides is 1. The Kier molecular flexibility index (Phi) is 4.77. The number of fused-ring (bicyclic) bond motifs is 2. The maximum Gasteiger partial charge on any atom is 0.323 e. The molecular weight excluding hydrogens is 436 g/mol. The van der Waals surface area contributed by atoms with Crippen molar-refractivity contribution < 1.29 is 13.2 Å². The Morgan fingerprint density at radius 1 is 1.06 bits per heavy atom. The molecule has 0 bridgehead atoms. The van der Waals surface area contributed by atoms with Gasteiger partial charge in [0.05, 0.1) is 15.9 Å². The second kappa shape index (κ2) is 7.49. The Hall–Kier alpha value is -3.21. The molecule has 10 heteroatoms. The van der Waals surface area contributed by atoms with Crippen LogP contribution in [0, 0.1) is 0 Å². The van der Waals surface area contributed by atoms with Gasteiger partial charge in [-0.3, -0.25) is 4.79 Å². The Morgan fingerprint density at radius 3 is 2.77 bits per heavy atom. The van der Waals surface area contributed by atoms with Crippen LogP contribution in [0.25, 0.3) is 11.0 Å². The molecule has 3 N–H and O–H groups in total. The Morgan fingerprint density at radius 2 is 1.90 bits per heavy atom. The first kappa shape index (κ1) is 19.7. The number of hydrogen-bond donors (Lipinski definition) is 3. The van der Waals surface area contributed by atoms with Crippen LogP contribution in [-0.4, -0.2) is 35.1 Å². The molecule has 8 nitrogen and oxygen atoms in total. The number of nitrogens with zero attached hydrogens (tertiary/aromatic N) is 1. The smallest absolute Gasteiger partial charge is 0.322 e. The summed E-state index contributed by atoms with van der Waals surface area (Å²) in [6.07, 6.45) is 0.691. The van der Waals surface area contributed by atoms with Crippen molar-refractivity contribution in [2.45, 2.75) is 17.9 Å². The molecule has 2 aromatic heterocycles. The van der Waals surface area contributed by atoms with Crippen molar-refractivity contribution in [1.29, 1.82) is 0 Å². The second-order valence-corrected chi connectivity index (χ2v) is 10.2. The lowest BCUT2D eigenvalue weighted by atomic mass is 10.1. The average Bonchev–Trinajstić information content (AvgIpc) is 3.38. The van der Waals surface area contributed by atoms with Crippen molar-refractivity contribution in [1.82, 2.24) is 14.3 Å². The van der Waals surface area contributed by atoms with Gasteiger partial charge in [-0.05, 0) is 59.8 Å². The molecule has 158 valence electrons. The number of rotatable bonds is 4. The molecule has 1 aliphatic rings. The fourth-order valence-electron chi connectivity index (χ4n) is 3.69. The van der Waals surface area contributed by atoms with Gasteiger partial charge < -0.3 is 15.3 Å². The SMILES string of the molecule is O=C(Nc1ccc2[nH]c(=O)[nH]c2c1)c1cccc(S(=O)(=O)N2CCc3sccc3C2)c1. The fourth-order valence-corrected chi connectivity index (χ4v) is 6.04. The molecule has 0 saturated heterocycles. The largest absolute Gasteiger partial charge is 0.323 e. The van der Waals surface area contributed by atoms with E-state index in [0.29, 0.717) is 36.2 Å². The van der Waals surface area contributed by atoms with Gasteiger partial charge in [0.1, 0.15) is 0 Å². The molecule has 0 fully saturated rings. The zero-order valence-electron chi connectivity index (χ0n) is 16.2. The molecule has 1 amide bonds. The van der Waals surface area contributed by atoms with Crippen LogP contribution in [0.1, 0.15) is 20.8 Å². The lowest BCUT2D eigenvalue weighted by molar-refractivity contribution is 0.102. The predicted molar refractivity (Wildman–Crippen MR) is 119 cm³/mol. The normalized spacial score (nSPS) is 14.5. The molecule has 31 heavy (non-hydrogen) atoms. The van der Waals surface area contributed by atoms with Crippen molar-refractivity contribution >= 4 is 44.0 Å². The summed E-state index contributed by atoms with van der Waals surface area (Å²) in [5.41, 5.74) is 2.62. The first-order valence-electron chi connectivity index (χ1n) is 9.59. The average molecular weight is 455 g/mol. The second-order valence-electron chi connectivity index (χ2n) is 7.28. The van der Waals surface area contributed by atoms with E-state index >= 15 is 0 Å². The van der Waals surface area contributed by atoms with Gasteiger partial charge in [-0.2, -0.15) is 4.31 Å². The van der Waals surface area contributed by atoms with Gasteiger partial charge >= 0.3 is 5.69 Å². The van der Waals surface area contributed by atoms with Gasteiger partial charge in [-0.25, -0.2) is 13.2 Å². The minimum atomic E-state index is -3.72. The van der Waals surface area contributed by atoms with E-state index in [1.54, 1.807) is 41.7 Å². The number of hydrogen-bond acceptors (Lipinski definition) is 5. The highest BCUT2D eigenvalue weighted by Gasteiger charge is 2.29. The highest BCUT2D eigenvalue weighted by Crippen LogP contribution is 2.28. The summed E-state index contributed by atoms with van der Waals surface area (Å²) >= 11 is 1.65. The molecule has 0 spiro atoms. The molecule has 0 radical (unpaired) electrons. The maximum absolute atomic E-state index is 13.2. The number of aromatic amines is 2. The Balaban J connectivity index is 1.38. The third-order valence-corrected chi connectivity index (χ3v) is 8.14. The minimum Gasteiger partial charge on any atom is -0.322 e. The van der Waals surface area contributed by atoms with Gasteiger partial charge in [0.2, 0.25) is 10.0 Å². The van der Waals surface area contributed by atoms with Crippen molar-refractivity contribution in [2.75, 3.05) is 11.9 Å². The molecule has 2 aromatic carbocycles. The van der Waals surface area contributed by atoms with E-state index in [2.05, 4.69) is 15.3 Å². The van der Waals surface area contributed by atoms with E-state index in [0.717, 1.165) is 5.56 Å². The quantitative estimate of drug-likeness (QED) is 0.440. The summed E-state index contributed by atoms with van der Waals surface area (Å²) in [5.74, 6) is -0.437. The zero-order valence-corrected chi connectivity index (χ0v) is 17.8. The lowest BCUT2D eigenvalue weighted by Crippen LogP contribution is -2.35. The lowest BCUT2D eigenvalue weighted by Gasteiger charge is -2.26. The Bertz CT molecular complexity index is 1470. The van der Waals surface area contributed by atoms with Crippen LogP contribution in [0.5, 0.6) is 0 Å². The van der Waals surface area contributed by atoms with Crippen LogP contribution in [0.15, 0.2) is 63.6 Å². The third kappa shape index (κ3) is 3.69. The number of H-pyrrole nitrogens is 2. The number of nitrogens with one attached hydrogen (secondary N) is 3. The van der Waals surface area contributed by atoms with E-state index in [4.69, 9.17) is 0 Å². The van der Waals surface area contributed by atoms with Crippen molar-refractivity contribution in [2.24, 2.45) is 0 Å². The minimum absolute atomic E-state index is 0.0873. The topological polar surface area (TPSA) is 115 Å². The number of carbonyl (C=O) groups excluding carboxylic acids is 1. The number of thiophene rings is 1. The summed E-state index contributed by atoms with van der Waals surface area (Å²) in [4.78, 5) is 30.7. The van der Waals surface area contributed by atoms with Crippen LogP contribution in [0.3, 0.4) is 0 Å². The maximum atomic E-state index is 13.2. The summed E-state index contributed by atoms with van der Waals surface area (Å²) in [5, 5.41) is 4.72. The first-order chi connectivity index (χ1) is 14.9. The molecule has 4 aromatic rings. The molecule has 0 saturated carbocycles. The highest BCUT2D eigenvalue weighted by molar-refractivity contribution is 7.89. The van der Waals surface area contributed by atoms with E-state index in [9.17, 15) is 18.0 Å². The predicted octanol–water partition coefficient (Wildman–Crippen LogP) is 2.92. The van der Waals surface area contributed by atoms with Crippen LogP contribution in [-0.2, 0) is 23.0 Å². The van der Waals surface area contributed by atoms with Crippen LogP contribution >= 0.6 is 11.3 Å². The monoisotopic (exact) mass is 454 g/mol. The molecular formula is C21H18N4O4S2. The fraction of sp³-hybridized carbons (Fsp3) is 0.143. The number of imidazole rings is 1. The third-order valence-electron chi connectivity index (χ3n) is 5.28. The van der Waals surface area contributed by atoms with E-state index in [1.165, 1.54) is 21.3 Å². The van der Waals surface area contributed by atoms with Crippen LogP contribution < -0.4 is 11.0 Å². The number of carbonyl (C=O) groups is 1. The van der Waals surface area contributed by atoms with Crippen molar-refractivity contribution in [3.63, 3.8) is 0 Å².